The third kappa shape index (κ3) is 1.44. The van der Waals surface area contributed by atoms with Gasteiger partial charge in [-0.1, -0.05) is 36.4 Å². The fraction of sp³-hybridized carbons (Fsp3) is 0.263. The summed E-state index contributed by atoms with van der Waals surface area (Å²) in [6.07, 6.45) is 0.879. The molecule has 0 saturated heterocycles. The summed E-state index contributed by atoms with van der Waals surface area (Å²) in [5.74, 6) is 0.992. The average Bonchev–Trinajstić information content (AvgIpc) is 3.05. The van der Waals surface area contributed by atoms with Gasteiger partial charge in [0.2, 0.25) is 0 Å². The first-order chi connectivity index (χ1) is 10.8. The molecule has 0 amide bonds. The zero-order valence-electron chi connectivity index (χ0n) is 12.5. The number of ether oxygens (including phenoxy) is 2. The average molecular weight is 291 g/mol. The second kappa shape index (κ2) is 4.14. The minimum atomic E-state index is -0.377. The van der Waals surface area contributed by atoms with Crippen molar-refractivity contribution in [2.45, 2.75) is 18.6 Å². The molecule has 1 atom stereocenters. The molecule has 110 valence electrons. The molecule has 5 rings (SSSR count). The van der Waals surface area contributed by atoms with Crippen molar-refractivity contribution in [1.29, 1.82) is 0 Å². The van der Waals surface area contributed by atoms with E-state index in [4.69, 9.17) is 9.47 Å². The molecule has 2 aromatic carbocycles. The molecule has 0 unspecified atom stereocenters. The largest absolute Gasteiger partial charge is 0.479 e. The van der Waals surface area contributed by atoms with Gasteiger partial charge in [-0.05, 0) is 17.7 Å². The number of benzene rings is 2. The molecule has 0 bridgehead atoms. The van der Waals surface area contributed by atoms with Crippen LogP contribution in [0, 0.1) is 0 Å². The summed E-state index contributed by atoms with van der Waals surface area (Å²) in [5.41, 5.74) is 4.69. The number of aromatic nitrogens is 1. The molecule has 0 N–H and O–H groups in total. The standard InChI is InChI=1S/C19H17NO2/c1-20-15-8-4-3-7-14(15)18-16(20)11-21-12-19(18)10-13-6-2-5-9-17(13)22-19/h2-9H,10-12H2,1H3/t19-/m0/s1. The van der Waals surface area contributed by atoms with Gasteiger partial charge in [-0.3, -0.25) is 0 Å². The molecular formula is C19H17NO2. The van der Waals surface area contributed by atoms with E-state index in [1.165, 1.54) is 27.7 Å². The van der Waals surface area contributed by atoms with Crippen LogP contribution in [0.25, 0.3) is 10.9 Å². The maximum Gasteiger partial charge on any atom is 0.164 e. The van der Waals surface area contributed by atoms with Gasteiger partial charge in [0.1, 0.15) is 5.75 Å². The SMILES string of the molecule is Cn1c2c(c3ccccc31)[C@@]1(COC2)Cc2ccccc2O1. The van der Waals surface area contributed by atoms with E-state index in [9.17, 15) is 0 Å². The fourth-order valence-electron chi connectivity index (χ4n) is 4.03. The Morgan fingerprint density at radius 2 is 1.86 bits per heavy atom. The van der Waals surface area contributed by atoms with E-state index in [-0.39, 0.29) is 5.60 Å². The van der Waals surface area contributed by atoms with Gasteiger partial charge in [-0.25, -0.2) is 0 Å². The van der Waals surface area contributed by atoms with Crippen LogP contribution >= 0.6 is 0 Å². The van der Waals surface area contributed by atoms with Crippen molar-refractivity contribution < 1.29 is 9.47 Å². The maximum absolute atomic E-state index is 6.44. The highest BCUT2D eigenvalue weighted by molar-refractivity contribution is 5.87. The molecule has 3 heteroatoms. The van der Waals surface area contributed by atoms with E-state index in [2.05, 4.69) is 54.1 Å². The maximum atomic E-state index is 6.44. The third-order valence-corrected chi connectivity index (χ3v) is 5.01. The number of nitrogens with zero attached hydrogens (tertiary/aromatic N) is 1. The quantitative estimate of drug-likeness (QED) is 0.632. The Bertz CT molecular complexity index is 869. The fourth-order valence-corrected chi connectivity index (χ4v) is 4.03. The molecule has 3 heterocycles. The molecule has 2 aliphatic heterocycles. The van der Waals surface area contributed by atoms with Crippen LogP contribution in [0.1, 0.15) is 16.8 Å². The van der Waals surface area contributed by atoms with Crippen molar-refractivity contribution >= 4 is 10.9 Å². The van der Waals surface area contributed by atoms with Gasteiger partial charge in [-0.2, -0.15) is 0 Å². The molecular weight excluding hydrogens is 274 g/mol. The van der Waals surface area contributed by atoms with Crippen LogP contribution in [0.2, 0.25) is 0 Å². The summed E-state index contributed by atoms with van der Waals surface area (Å²) in [6, 6.07) is 16.9. The highest BCUT2D eigenvalue weighted by Crippen LogP contribution is 2.47. The Morgan fingerprint density at radius 1 is 1.05 bits per heavy atom. The number of hydrogen-bond donors (Lipinski definition) is 0. The van der Waals surface area contributed by atoms with E-state index >= 15 is 0 Å². The Kier molecular flexibility index (Phi) is 2.32. The van der Waals surface area contributed by atoms with Gasteiger partial charge >= 0.3 is 0 Å². The van der Waals surface area contributed by atoms with Crippen molar-refractivity contribution in [3.63, 3.8) is 0 Å². The van der Waals surface area contributed by atoms with Gasteiger partial charge in [0.25, 0.3) is 0 Å². The summed E-state index contributed by atoms with van der Waals surface area (Å²) in [7, 11) is 2.12. The van der Waals surface area contributed by atoms with Crippen LogP contribution < -0.4 is 4.74 Å². The van der Waals surface area contributed by atoms with E-state index < -0.39 is 0 Å². The van der Waals surface area contributed by atoms with Crippen molar-refractivity contribution in [3.05, 3.63) is 65.4 Å². The van der Waals surface area contributed by atoms with E-state index in [1.54, 1.807) is 0 Å². The zero-order valence-corrected chi connectivity index (χ0v) is 12.5. The molecule has 1 aromatic heterocycles. The lowest BCUT2D eigenvalue weighted by atomic mass is 9.86. The normalized spacial score (nSPS) is 22.6. The molecule has 0 fully saturated rings. The molecule has 0 aliphatic carbocycles. The summed E-state index contributed by atoms with van der Waals surface area (Å²) in [6.45, 7) is 1.27. The second-order valence-corrected chi connectivity index (χ2v) is 6.27. The lowest BCUT2D eigenvalue weighted by Crippen LogP contribution is -2.40. The first-order valence-corrected chi connectivity index (χ1v) is 7.70. The Labute approximate surface area is 129 Å². The first-order valence-electron chi connectivity index (χ1n) is 7.70. The van der Waals surface area contributed by atoms with Gasteiger partial charge in [0.05, 0.1) is 18.9 Å². The highest BCUT2D eigenvalue weighted by Gasteiger charge is 2.47. The smallest absolute Gasteiger partial charge is 0.164 e. The zero-order chi connectivity index (χ0) is 14.7. The summed E-state index contributed by atoms with van der Waals surface area (Å²) >= 11 is 0. The van der Waals surface area contributed by atoms with Gasteiger partial charge < -0.3 is 14.0 Å². The Balaban J connectivity index is 1.79. The minimum absolute atomic E-state index is 0.377. The lowest BCUT2D eigenvalue weighted by Gasteiger charge is -2.33. The monoisotopic (exact) mass is 291 g/mol. The predicted molar refractivity (Wildman–Crippen MR) is 85.0 cm³/mol. The molecule has 0 radical (unpaired) electrons. The number of para-hydroxylation sites is 2. The summed E-state index contributed by atoms with van der Waals surface area (Å²) < 4.78 is 14.6. The van der Waals surface area contributed by atoms with E-state index in [1.807, 2.05) is 6.07 Å². The van der Waals surface area contributed by atoms with Crippen molar-refractivity contribution in [1.82, 2.24) is 4.57 Å². The number of rotatable bonds is 0. The van der Waals surface area contributed by atoms with E-state index in [0.717, 1.165) is 12.2 Å². The Morgan fingerprint density at radius 3 is 2.77 bits per heavy atom. The molecule has 3 nitrogen and oxygen atoms in total. The predicted octanol–water partition coefficient (Wildman–Crippen LogP) is 3.54. The minimum Gasteiger partial charge on any atom is -0.479 e. The summed E-state index contributed by atoms with van der Waals surface area (Å²) in [5, 5.41) is 1.29. The van der Waals surface area contributed by atoms with Gasteiger partial charge in [0.15, 0.2) is 5.60 Å². The van der Waals surface area contributed by atoms with Crippen LogP contribution in [0.15, 0.2) is 48.5 Å². The van der Waals surface area contributed by atoms with Crippen molar-refractivity contribution in [2.75, 3.05) is 6.61 Å². The second-order valence-electron chi connectivity index (χ2n) is 6.27. The van der Waals surface area contributed by atoms with Crippen molar-refractivity contribution in [3.8, 4) is 5.75 Å². The molecule has 0 saturated carbocycles. The van der Waals surface area contributed by atoms with Gasteiger partial charge in [-0.15, -0.1) is 0 Å². The van der Waals surface area contributed by atoms with Gasteiger partial charge in [0, 0.05) is 29.9 Å². The van der Waals surface area contributed by atoms with Crippen LogP contribution in [-0.2, 0) is 30.4 Å². The van der Waals surface area contributed by atoms with Crippen LogP contribution in [0.5, 0.6) is 5.75 Å². The number of fused-ring (bicyclic) bond motifs is 5. The first kappa shape index (κ1) is 12.3. The lowest BCUT2D eigenvalue weighted by molar-refractivity contribution is -0.0425. The summed E-state index contributed by atoms with van der Waals surface area (Å²) in [4.78, 5) is 0. The van der Waals surface area contributed by atoms with Crippen LogP contribution in [0.3, 0.4) is 0 Å². The molecule has 3 aromatic rings. The van der Waals surface area contributed by atoms with E-state index in [0.29, 0.717) is 13.2 Å². The topological polar surface area (TPSA) is 23.4 Å². The number of hydrogen-bond acceptors (Lipinski definition) is 2. The van der Waals surface area contributed by atoms with Crippen molar-refractivity contribution in [2.24, 2.45) is 7.05 Å². The van der Waals surface area contributed by atoms with Crippen LogP contribution in [0.4, 0.5) is 0 Å². The number of aryl methyl sites for hydroxylation is 1. The molecule has 2 aliphatic rings. The Hall–Kier alpha value is -2.26. The highest BCUT2D eigenvalue weighted by atomic mass is 16.6. The molecule has 22 heavy (non-hydrogen) atoms. The third-order valence-electron chi connectivity index (χ3n) is 5.01. The molecule has 1 spiro atoms. The van der Waals surface area contributed by atoms with Crippen LogP contribution in [-0.4, -0.2) is 11.2 Å².